The summed E-state index contributed by atoms with van der Waals surface area (Å²) in [5.41, 5.74) is 6.88. The van der Waals surface area contributed by atoms with Crippen LogP contribution in [0.1, 0.15) is 54.3 Å². The number of allylic oxidation sites excluding steroid dienone is 2. The van der Waals surface area contributed by atoms with Gasteiger partial charge in [0.15, 0.2) is 5.69 Å². The van der Waals surface area contributed by atoms with Crippen molar-refractivity contribution in [2.75, 3.05) is 6.61 Å². The van der Waals surface area contributed by atoms with Crippen molar-refractivity contribution in [2.45, 2.75) is 40.7 Å². The van der Waals surface area contributed by atoms with E-state index in [4.69, 9.17) is 4.74 Å². The number of ether oxygens (including phenoxy) is 1. The van der Waals surface area contributed by atoms with Crippen LogP contribution in [-0.2, 0) is 4.74 Å². The summed E-state index contributed by atoms with van der Waals surface area (Å²) in [4.78, 5) is 16.5. The summed E-state index contributed by atoms with van der Waals surface area (Å²) in [6, 6.07) is 2.41. The molecule has 0 aromatic rings. The molecule has 0 bridgehead atoms. The molecule has 110 valence electrons. The number of carbonyl (C=O) groups is 1. The summed E-state index contributed by atoms with van der Waals surface area (Å²) in [7, 11) is 0. The lowest BCUT2D eigenvalue weighted by atomic mass is 10.0. The number of hydrogen-bond acceptors (Lipinski definition) is 3. The van der Waals surface area contributed by atoms with Crippen LogP contribution in [0, 0.1) is 13.8 Å². The van der Waals surface area contributed by atoms with E-state index in [1.807, 2.05) is 6.92 Å². The van der Waals surface area contributed by atoms with Gasteiger partial charge in [-0.15, -0.1) is 0 Å². The Bertz CT molecular complexity index is 740. The van der Waals surface area contributed by atoms with E-state index in [1.54, 1.807) is 6.92 Å². The van der Waals surface area contributed by atoms with Crippen LogP contribution < -0.4 is 0 Å². The van der Waals surface area contributed by atoms with E-state index < -0.39 is 0 Å². The van der Waals surface area contributed by atoms with Gasteiger partial charge in [0.05, 0.1) is 12.3 Å². The van der Waals surface area contributed by atoms with Gasteiger partial charge in [0.2, 0.25) is 0 Å². The topological polar surface area (TPSA) is 44.1 Å². The summed E-state index contributed by atoms with van der Waals surface area (Å²) in [6.07, 6.45) is 2.25. The molecule has 3 rings (SSSR count). The molecule has 4 nitrogen and oxygen atoms in total. The van der Waals surface area contributed by atoms with Crippen LogP contribution in [0.3, 0.4) is 0 Å². The van der Waals surface area contributed by atoms with Crippen molar-refractivity contribution in [3.8, 4) is 11.3 Å². The van der Waals surface area contributed by atoms with E-state index in [9.17, 15) is 4.79 Å². The molecule has 4 heteroatoms. The Balaban J connectivity index is 2.25. The molecule has 1 atom stereocenters. The van der Waals surface area contributed by atoms with E-state index >= 15 is 0 Å². The molecule has 3 aliphatic heterocycles. The quantitative estimate of drug-likeness (QED) is 0.789. The molecular weight excluding hydrogens is 264 g/mol. The summed E-state index contributed by atoms with van der Waals surface area (Å²) in [6.45, 7) is 10.5. The second-order valence-electron chi connectivity index (χ2n) is 5.64. The predicted octanol–water partition coefficient (Wildman–Crippen LogP) is 3.76. The highest BCUT2D eigenvalue weighted by atomic mass is 16.5. The summed E-state index contributed by atoms with van der Waals surface area (Å²) in [5.74, 6) is -0.337. The number of rotatable bonds is 2. The van der Waals surface area contributed by atoms with Crippen LogP contribution in [0.4, 0.5) is 0 Å². The number of pyridine rings is 1. The molecule has 0 radical (unpaired) electrons. The van der Waals surface area contributed by atoms with Crippen LogP contribution in [0.5, 0.6) is 0 Å². The summed E-state index contributed by atoms with van der Waals surface area (Å²) in [5, 5.41) is 0. The predicted molar refractivity (Wildman–Crippen MR) is 82.6 cm³/mol. The van der Waals surface area contributed by atoms with Crippen LogP contribution in [0.25, 0.3) is 16.8 Å². The normalized spacial score (nSPS) is 17.0. The number of esters is 1. The second kappa shape index (κ2) is 4.72. The third kappa shape index (κ3) is 1.89. The number of hydrogen-bond donors (Lipinski definition) is 0. The fraction of sp³-hybridized carbons (Fsp3) is 0.412. The third-order valence-electron chi connectivity index (χ3n) is 4.25. The Morgan fingerprint density at radius 2 is 2.10 bits per heavy atom. The molecule has 21 heavy (non-hydrogen) atoms. The van der Waals surface area contributed by atoms with E-state index in [-0.39, 0.29) is 5.97 Å². The van der Waals surface area contributed by atoms with Gasteiger partial charge in [-0.25, -0.2) is 9.78 Å². The molecule has 0 saturated carbocycles. The molecule has 0 aromatic carbocycles. The summed E-state index contributed by atoms with van der Waals surface area (Å²) < 4.78 is 7.41. The van der Waals surface area contributed by atoms with Gasteiger partial charge in [-0.2, -0.15) is 0 Å². The number of nitrogens with zero attached hydrogens (tertiary/aromatic N) is 2. The van der Waals surface area contributed by atoms with Gasteiger partial charge in [0.1, 0.15) is 0 Å². The molecule has 3 heterocycles. The molecule has 3 aliphatic rings. The minimum atomic E-state index is -0.337. The Labute approximate surface area is 124 Å². The standard InChI is InChI=1S/C17H20N2O2/c1-6-21-17(20)16-11(4)15-12(5)19-10(3)7-9(2)14(19)8-13(15)18-16/h7-8,10H,6H2,1-5H3. The van der Waals surface area contributed by atoms with Crippen LogP contribution in [0.15, 0.2) is 12.1 Å². The first-order chi connectivity index (χ1) is 9.95. The molecule has 0 aromatic heterocycles. The molecule has 1 unspecified atom stereocenters. The maximum atomic E-state index is 12.0. The highest BCUT2D eigenvalue weighted by Gasteiger charge is 2.28. The van der Waals surface area contributed by atoms with Crippen molar-refractivity contribution in [3.63, 3.8) is 0 Å². The molecule has 0 aliphatic carbocycles. The third-order valence-corrected chi connectivity index (χ3v) is 4.25. The van der Waals surface area contributed by atoms with Crippen LogP contribution in [-0.4, -0.2) is 22.1 Å². The zero-order chi connectivity index (χ0) is 15.3. The maximum absolute atomic E-state index is 12.0. The Kier molecular flexibility index (Phi) is 3.12. The van der Waals surface area contributed by atoms with Crippen molar-refractivity contribution < 1.29 is 9.53 Å². The van der Waals surface area contributed by atoms with Gasteiger partial charge < -0.3 is 9.30 Å². The largest absolute Gasteiger partial charge is 0.461 e. The first kappa shape index (κ1) is 13.9. The van der Waals surface area contributed by atoms with E-state index in [1.165, 1.54) is 11.3 Å². The lowest BCUT2D eigenvalue weighted by Gasteiger charge is -2.19. The zero-order valence-electron chi connectivity index (χ0n) is 13.2. The molecule has 0 N–H and O–H groups in total. The van der Waals surface area contributed by atoms with Crippen LogP contribution in [0.2, 0.25) is 0 Å². The molecular formula is C17H20N2O2. The minimum absolute atomic E-state index is 0.337. The number of carbonyl (C=O) groups excluding carboxylic acids is 1. The highest BCUT2D eigenvalue weighted by molar-refractivity contribution is 5.94. The smallest absolute Gasteiger partial charge is 0.357 e. The number of fused-ring (bicyclic) bond motifs is 2. The van der Waals surface area contributed by atoms with E-state index in [0.29, 0.717) is 18.3 Å². The van der Waals surface area contributed by atoms with Gasteiger partial charge in [0, 0.05) is 23.0 Å². The highest BCUT2D eigenvalue weighted by Crippen LogP contribution is 2.39. The first-order valence-corrected chi connectivity index (χ1v) is 7.33. The lowest BCUT2D eigenvalue weighted by Crippen LogP contribution is -2.09. The fourth-order valence-corrected chi connectivity index (χ4v) is 3.38. The molecule has 0 fully saturated rings. The van der Waals surface area contributed by atoms with Gasteiger partial charge in [0.25, 0.3) is 0 Å². The van der Waals surface area contributed by atoms with Gasteiger partial charge in [-0.1, -0.05) is 6.08 Å². The van der Waals surface area contributed by atoms with E-state index in [0.717, 1.165) is 22.5 Å². The van der Waals surface area contributed by atoms with Gasteiger partial charge >= 0.3 is 5.97 Å². The first-order valence-electron chi connectivity index (χ1n) is 7.33. The van der Waals surface area contributed by atoms with Crippen molar-refractivity contribution >= 4 is 11.5 Å². The zero-order valence-corrected chi connectivity index (χ0v) is 13.2. The SMILES string of the molecule is CCOC(=O)c1nc2cc3n(c(C)c-2c1C)C(C)C=C3C. The molecule has 0 amide bonds. The second-order valence-corrected chi connectivity index (χ2v) is 5.64. The average molecular weight is 284 g/mol. The molecule has 0 saturated heterocycles. The monoisotopic (exact) mass is 284 g/mol. The van der Waals surface area contributed by atoms with Crippen molar-refractivity contribution in [3.05, 3.63) is 34.8 Å². The van der Waals surface area contributed by atoms with Crippen LogP contribution >= 0.6 is 0 Å². The maximum Gasteiger partial charge on any atom is 0.357 e. The Hall–Kier alpha value is -2.10. The Morgan fingerprint density at radius 3 is 2.76 bits per heavy atom. The van der Waals surface area contributed by atoms with Gasteiger partial charge in [-0.05, 0) is 51.8 Å². The lowest BCUT2D eigenvalue weighted by molar-refractivity contribution is 0.0519. The fourth-order valence-electron chi connectivity index (χ4n) is 3.38. The van der Waals surface area contributed by atoms with Crippen molar-refractivity contribution in [2.24, 2.45) is 0 Å². The van der Waals surface area contributed by atoms with E-state index in [2.05, 4.69) is 42.5 Å². The number of aromatic nitrogens is 2. The van der Waals surface area contributed by atoms with Crippen molar-refractivity contribution in [1.29, 1.82) is 0 Å². The van der Waals surface area contributed by atoms with Crippen molar-refractivity contribution in [1.82, 2.24) is 9.55 Å². The average Bonchev–Trinajstić information content (AvgIpc) is 2.89. The van der Waals surface area contributed by atoms with Gasteiger partial charge in [-0.3, -0.25) is 0 Å². The molecule has 0 spiro atoms. The summed E-state index contributed by atoms with van der Waals surface area (Å²) >= 11 is 0. The minimum Gasteiger partial charge on any atom is -0.461 e. The Morgan fingerprint density at radius 1 is 1.38 bits per heavy atom.